The molecule has 4 aromatic heterocycles. The molecule has 0 N–H and O–H groups in total. The molecule has 59 heavy (non-hydrogen) atoms. The first-order chi connectivity index (χ1) is 29.2. The van der Waals surface area contributed by atoms with Crippen molar-refractivity contribution in [3.8, 4) is 78.8 Å². The summed E-state index contributed by atoms with van der Waals surface area (Å²) in [6.45, 7) is 0. The third kappa shape index (κ3) is 6.27. The molecule has 11 aromatic rings. The van der Waals surface area contributed by atoms with E-state index in [1.54, 1.807) is 6.33 Å². The Balaban J connectivity index is 0.950. The molecule has 0 aliphatic carbocycles. The smallest absolute Gasteiger partial charge is 0.229 e. The molecule has 7 aromatic carbocycles. The minimum atomic E-state index is 0.525. The molecule has 0 saturated heterocycles. The van der Waals surface area contributed by atoms with E-state index in [-0.39, 0.29) is 0 Å². The molecule has 0 aliphatic rings. The van der Waals surface area contributed by atoms with Crippen LogP contribution >= 0.6 is 0 Å². The quantitative estimate of drug-likeness (QED) is 0.160. The summed E-state index contributed by atoms with van der Waals surface area (Å²) in [4.78, 5) is 28.9. The van der Waals surface area contributed by atoms with E-state index in [9.17, 15) is 0 Å². The summed E-state index contributed by atoms with van der Waals surface area (Å²) in [5.74, 6) is 1.88. The van der Waals surface area contributed by atoms with Gasteiger partial charge in [-0.15, -0.1) is 0 Å². The van der Waals surface area contributed by atoms with Crippen molar-refractivity contribution in [2.75, 3.05) is 0 Å². The molecule has 0 bridgehead atoms. The van der Waals surface area contributed by atoms with Crippen molar-refractivity contribution in [3.63, 3.8) is 0 Å². The van der Waals surface area contributed by atoms with Crippen molar-refractivity contribution in [3.05, 3.63) is 195 Å². The van der Waals surface area contributed by atoms with Crippen LogP contribution in [0, 0.1) is 0 Å². The van der Waals surface area contributed by atoms with Crippen molar-refractivity contribution >= 4 is 33.0 Å². The van der Waals surface area contributed by atoms with Crippen LogP contribution < -0.4 is 0 Å². The molecule has 0 aliphatic heterocycles. The standard InChI is InChI=1S/C52H32N6O/c1-4-12-33(13-5-1)34-22-24-35(25-23-34)40-30-45-47-48(59-52(45)53-31-40)46(54-32-55-47)44-21-11-19-42-41(18-10-20-43(42)44)36-26-28-39(29-27-36)51-57-49(37-14-6-2-7-15-37)56-50(58-51)38-16-8-3-9-17-38/h1-32H. The fraction of sp³-hybridized carbons (Fsp3) is 0. The zero-order valence-corrected chi connectivity index (χ0v) is 31.6. The third-order valence-electron chi connectivity index (χ3n) is 10.8. The maximum atomic E-state index is 6.45. The molecule has 0 fully saturated rings. The Morgan fingerprint density at radius 3 is 1.42 bits per heavy atom. The molecule has 276 valence electrons. The zero-order valence-electron chi connectivity index (χ0n) is 31.6. The largest absolute Gasteiger partial charge is 0.434 e. The highest BCUT2D eigenvalue weighted by atomic mass is 16.3. The van der Waals surface area contributed by atoms with E-state index < -0.39 is 0 Å². The molecule has 7 heteroatoms. The fourth-order valence-corrected chi connectivity index (χ4v) is 7.80. The molecule has 11 rings (SSSR count). The maximum absolute atomic E-state index is 6.45. The number of hydrogen-bond acceptors (Lipinski definition) is 7. The highest BCUT2D eigenvalue weighted by Crippen LogP contribution is 2.39. The summed E-state index contributed by atoms with van der Waals surface area (Å²) >= 11 is 0. The Labute approximate surface area is 339 Å². The van der Waals surface area contributed by atoms with Crippen LogP contribution in [-0.4, -0.2) is 29.9 Å². The number of furan rings is 1. The van der Waals surface area contributed by atoms with Crippen molar-refractivity contribution < 1.29 is 4.42 Å². The van der Waals surface area contributed by atoms with E-state index in [2.05, 4.69) is 115 Å². The van der Waals surface area contributed by atoms with Gasteiger partial charge in [-0.3, -0.25) is 0 Å². The summed E-state index contributed by atoms with van der Waals surface area (Å²) < 4.78 is 6.45. The van der Waals surface area contributed by atoms with Crippen molar-refractivity contribution in [2.24, 2.45) is 0 Å². The molecule has 7 nitrogen and oxygen atoms in total. The van der Waals surface area contributed by atoms with Crippen LogP contribution in [-0.2, 0) is 0 Å². The highest BCUT2D eigenvalue weighted by molar-refractivity contribution is 6.11. The summed E-state index contributed by atoms with van der Waals surface area (Å²) in [6, 6.07) is 62.2. The lowest BCUT2D eigenvalue weighted by Crippen LogP contribution is -2.00. The van der Waals surface area contributed by atoms with Crippen molar-refractivity contribution in [2.45, 2.75) is 0 Å². The average molecular weight is 757 g/mol. The van der Waals surface area contributed by atoms with Crippen LogP contribution in [0.5, 0.6) is 0 Å². The second kappa shape index (κ2) is 14.4. The lowest BCUT2D eigenvalue weighted by Gasteiger charge is -2.12. The number of nitrogens with zero attached hydrogens (tertiary/aromatic N) is 6. The monoisotopic (exact) mass is 756 g/mol. The lowest BCUT2D eigenvalue weighted by atomic mass is 9.94. The first-order valence-corrected chi connectivity index (χ1v) is 19.4. The molecule has 0 amide bonds. The number of rotatable bonds is 7. The van der Waals surface area contributed by atoms with Gasteiger partial charge in [0.1, 0.15) is 17.5 Å². The Bertz CT molecular complexity index is 3240. The predicted octanol–water partition coefficient (Wildman–Crippen LogP) is 12.8. The van der Waals surface area contributed by atoms with Gasteiger partial charge in [-0.25, -0.2) is 29.9 Å². The first kappa shape index (κ1) is 34.1. The van der Waals surface area contributed by atoms with Crippen LogP contribution in [0.2, 0.25) is 0 Å². The number of benzene rings is 7. The highest BCUT2D eigenvalue weighted by Gasteiger charge is 2.19. The van der Waals surface area contributed by atoms with Crippen LogP contribution in [0.25, 0.3) is 112 Å². The number of fused-ring (bicyclic) bond motifs is 4. The average Bonchev–Trinajstić information content (AvgIpc) is 3.70. The maximum Gasteiger partial charge on any atom is 0.229 e. The van der Waals surface area contributed by atoms with Gasteiger partial charge in [-0.1, -0.05) is 176 Å². The Morgan fingerprint density at radius 2 is 0.814 bits per heavy atom. The van der Waals surface area contributed by atoms with E-state index in [0.29, 0.717) is 28.8 Å². The molecular weight excluding hydrogens is 725 g/mol. The zero-order chi connectivity index (χ0) is 39.1. The van der Waals surface area contributed by atoms with Crippen molar-refractivity contribution in [1.29, 1.82) is 0 Å². The van der Waals surface area contributed by atoms with Crippen LogP contribution in [0.1, 0.15) is 0 Å². The van der Waals surface area contributed by atoms with E-state index in [1.807, 2.05) is 72.9 Å². The van der Waals surface area contributed by atoms with Gasteiger partial charge in [-0.2, -0.15) is 0 Å². The summed E-state index contributed by atoms with van der Waals surface area (Å²) in [6.07, 6.45) is 3.47. The van der Waals surface area contributed by atoms with Gasteiger partial charge < -0.3 is 4.42 Å². The van der Waals surface area contributed by atoms with Crippen LogP contribution in [0.4, 0.5) is 0 Å². The SMILES string of the molecule is c1ccc(-c2ccc(-c3cnc4oc5c(-c6cccc7c(-c8ccc(-c9nc(-c%10ccccc%10)nc(-c%10ccccc%10)n9)cc8)cccc67)ncnc5c4c3)cc2)cc1. The molecule has 0 atom stereocenters. The van der Waals surface area contributed by atoms with Gasteiger partial charge in [-0.05, 0) is 44.7 Å². The number of pyridine rings is 1. The molecular formula is C52H32N6O. The lowest BCUT2D eigenvalue weighted by molar-refractivity contribution is 0.652. The normalized spacial score (nSPS) is 11.4. The molecule has 0 radical (unpaired) electrons. The Hall–Kier alpha value is -8.16. The predicted molar refractivity (Wildman–Crippen MR) is 236 cm³/mol. The Kier molecular flexibility index (Phi) is 8.33. The van der Waals surface area contributed by atoms with Gasteiger partial charge >= 0.3 is 0 Å². The van der Waals surface area contributed by atoms with E-state index >= 15 is 0 Å². The second-order valence-corrected chi connectivity index (χ2v) is 14.3. The van der Waals surface area contributed by atoms with Crippen LogP contribution in [0.3, 0.4) is 0 Å². The Morgan fingerprint density at radius 1 is 0.339 bits per heavy atom. The van der Waals surface area contributed by atoms with Gasteiger partial charge in [0.2, 0.25) is 5.71 Å². The van der Waals surface area contributed by atoms with E-state index in [1.165, 1.54) is 11.1 Å². The summed E-state index contributed by atoms with van der Waals surface area (Å²) in [7, 11) is 0. The summed E-state index contributed by atoms with van der Waals surface area (Å²) in [5, 5.41) is 3.00. The molecule has 0 spiro atoms. The molecule has 0 unspecified atom stereocenters. The summed E-state index contributed by atoms with van der Waals surface area (Å²) in [5.41, 5.74) is 12.9. The van der Waals surface area contributed by atoms with E-state index in [0.717, 1.165) is 71.9 Å². The van der Waals surface area contributed by atoms with Crippen molar-refractivity contribution in [1.82, 2.24) is 29.9 Å². The minimum Gasteiger partial charge on any atom is -0.434 e. The van der Waals surface area contributed by atoms with Gasteiger partial charge in [0.25, 0.3) is 0 Å². The first-order valence-electron chi connectivity index (χ1n) is 19.4. The van der Waals surface area contributed by atoms with Gasteiger partial charge in [0, 0.05) is 34.0 Å². The minimum absolute atomic E-state index is 0.525. The fourth-order valence-electron chi connectivity index (χ4n) is 7.80. The van der Waals surface area contributed by atoms with Gasteiger partial charge in [0.05, 0.1) is 5.39 Å². The van der Waals surface area contributed by atoms with Gasteiger partial charge in [0.15, 0.2) is 23.1 Å². The second-order valence-electron chi connectivity index (χ2n) is 14.3. The topological polar surface area (TPSA) is 90.5 Å². The molecule has 4 heterocycles. The molecule has 0 saturated carbocycles. The van der Waals surface area contributed by atoms with E-state index in [4.69, 9.17) is 34.3 Å². The van der Waals surface area contributed by atoms with Crippen LogP contribution in [0.15, 0.2) is 199 Å². The number of aromatic nitrogens is 6. The third-order valence-corrected chi connectivity index (χ3v) is 10.8. The number of hydrogen-bond donors (Lipinski definition) is 0.